The Morgan fingerprint density at radius 2 is 1.16 bits per heavy atom. The Kier molecular flexibility index (Phi) is 5.65. The van der Waals surface area contributed by atoms with Crippen LogP contribution in [0.1, 0.15) is 20.7 Å². The van der Waals surface area contributed by atoms with Crippen LogP contribution in [0.25, 0.3) is 0 Å². The lowest BCUT2D eigenvalue weighted by Crippen LogP contribution is -2.38. The van der Waals surface area contributed by atoms with Gasteiger partial charge in [0.25, 0.3) is 5.91 Å². The highest BCUT2D eigenvalue weighted by Crippen LogP contribution is 2.24. The molecule has 25 heavy (non-hydrogen) atoms. The Hall–Kier alpha value is -2.85. The predicted octanol–water partition coefficient (Wildman–Crippen LogP) is 4.42. The Labute approximate surface area is 151 Å². The highest BCUT2D eigenvalue weighted by Gasteiger charge is 2.23. The summed E-state index contributed by atoms with van der Waals surface area (Å²) in [5.41, 5.74) is 1.10. The number of nitrogens with one attached hydrogen (secondary N) is 1. The second-order valence-corrected chi connectivity index (χ2v) is 6.56. The molecular formula is C21H17NO2S. The van der Waals surface area contributed by atoms with Crippen molar-refractivity contribution in [2.45, 2.75) is 10.3 Å². The zero-order valence-corrected chi connectivity index (χ0v) is 14.3. The third-order valence-corrected chi connectivity index (χ3v) is 4.70. The number of Topliss-reactive ketones (excluding diaryl/α,β-unsaturated/α-hetero) is 1. The first-order valence-electron chi connectivity index (χ1n) is 7.91. The number of carbonyl (C=O) groups is 2. The number of hydrogen-bond donors (Lipinski definition) is 1. The van der Waals surface area contributed by atoms with E-state index in [1.807, 2.05) is 54.6 Å². The zero-order chi connectivity index (χ0) is 17.5. The van der Waals surface area contributed by atoms with E-state index in [9.17, 15) is 9.59 Å². The smallest absolute Gasteiger partial charge is 0.252 e. The summed E-state index contributed by atoms with van der Waals surface area (Å²) < 4.78 is 0. The molecule has 0 aromatic heterocycles. The first-order chi connectivity index (χ1) is 12.2. The van der Waals surface area contributed by atoms with Crippen LogP contribution >= 0.6 is 11.8 Å². The standard InChI is InChI=1S/C21H17NO2S/c23-19(16-10-4-1-5-11-16)21(25-18-14-8-3-9-15-18)22-20(24)17-12-6-2-7-13-17/h1-15,21H,(H,22,24)/t21-/m1/s1. The minimum absolute atomic E-state index is 0.126. The largest absolute Gasteiger partial charge is 0.333 e. The number of hydrogen-bond acceptors (Lipinski definition) is 3. The van der Waals surface area contributed by atoms with Gasteiger partial charge in [-0.2, -0.15) is 0 Å². The number of ketones is 1. The monoisotopic (exact) mass is 347 g/mol. The molecule has 3 rings (SSSR count). The summed E-state index contributed by atoms with van der Waals surface area (Å²) >= 11 is 1.33. The first kappa shape index (κ1) is 17.0. The number of rotatable bonds is 6. The third-order valence-electron chi connectivity index (χ3n) is 3.59. The van der Waals surface area contributed by atoms with Crippen LogP contribution in [0.4, 0.5) is 0 Å². The molecular weight excluding hydrogens is 330 g/mol. The minimum atomic E-state index is -0.697. The fourth-order valence-corrected chi connectivity index (χ4v) is 3.32. The van der Waals surface area contributed by atoms with Gasteiger partial charge < -0.3 is 5.32 Å². The van der Waals surface area contributed by atoms with Gasteiger partial charge in [-0.15, -0.1) is 0 Å². The van der Waals surface area contributed by atoms with E-state index < -0.39 is 5.37 Å². The molecule has 0 fully saturated rings. The molecule has 1 atom stereocenters. The zero-order valence-electron chi connectivity index (χ0n) is 13.5. The molecule has 124 valence electrons. The topological polar surface area (TPSA) is 46.2 Å². The Balaban J connectivity index is 1.83. The van der Waals surface area contributed by atoms with Crippen molar-refractivity contribution in [1.82, 2.24) is 5.32 Å². The SMILES string of the molecule is O=C(N[C@H](Sc1ccccc1)C(=O)c1ccccc1)c1ccccc1. The number of amides is 1. The van der Waals surface area contributed by atoms with Crippen molar-refractivity contribution >= 4 is 23.5 Å². The Bertz CT molecular complexity index is 836. The quantitative estimate of drug-likeness (QED) is 0.408. The molecule has 3 aromatic rings. The molecule has 0 bridgehead atoms. The number of benzene rings is 3. The van der Waals surface area contributed by atoms with E-state index in [1.54, 1.807) is 36.4 Å². The fourth-order valence-electron chi connectivity index (χ4n) is 2.33. The first-order valence-corrected chi connectivity index (χ1v) is 8.79. The summed E-state index contributed by atoms with van der Waals surface area (Å²) in [6.07, 6.45) is 0. The lowest BCUT2D eigenvalue weighted by atomic mass is 10.1. The van der Waals surface area contributed by atoms with E-state index >= 15 is 0 Å². The van der Waals surface area contributed by atoms with Crippen molar-refractivity contribution in [2.75, 3.05) is 0 Å². The molecule has 0 saturated heterocycles. The van der Waals surface area contributed by atoms with Crippen molar-refractivity contribution in [3.8, 4) is 0 Å². The van der Waals surface area contributed by atoms with Crippen LogP contribution in [0.3, 0.4) is 0 Å². The van der Waals surface area contributed by atoms with Gasteiger partial charge in [-0.05, 0) is 24.3 Å². The molecule has 0 heterocycles. The van der Waals surface area contributed by atoms with E-state index in [0.717, 1.165) is 4.90 Å². The molecule has 3 nitrogen and oxygen atoms in total. The summed E-state index contributed by atoms with van der Waals surface area (Å²) in [5.74, 6) is -0.392. The van der Waals surface area contributed by atoms with Crippen molar-refractivity contribution in [2.24, 2.45) is 0 Å². The number of thioether (sulfide) groups is 1. The number of carbonyl (C=O) groups excluding carboxylic acids is 2. The molecule has 4 heteroatoms. The van der Waals surface area contributed by atoms with Gasteiger partial charge in [-0.1, -0.05) is 78.5 Å². The maximum Gasteiger partial charge on any atom is 0.252 e. The van der Waals surface area contributed by atoms with Gasteiger partial charge in [0.2, 0.25) is 0 Å². The molecule has 0 aliphatic rings. The molecule has 0 aliphatic carbocycles. The molecule has 0 unspecified atom stereocenters. The summed E-state index contributed by atoms with van der Waals surface area (Å²) in [6.45, 7) is 0. The van der Waals surface area contributed by atoms with Crippen molar-refractivity contribution in [3.05, 3.63) is 102 Å². The Morgan fingerprint density at radius 3 is 1.72 bits per heavy atom. The average Bonchev–Trinajstić information content (AvgIpc) is 2.69. The summed E-state index contributed by atoms with van der Waals surface area (Å²) in [7, 11) is 0. The van der Waals surface area contributed by atoms with E-state index in [2.05, 4.69) is 5.32 Å². The lowest BCUT2D eigenvalue weighted by molar-refractivity contribution is 0.0892. The van der Waals surface area contributed by atoms with Crippen LogP contribution in [0.15, 0.2) is 95.9 Å². The maximum atomic E-state index is 12.9. The Morgan fingerprint density at radius 1 is 0.680 bits per heavy atom. The summed E-state index contributed by atoms with van der Waals surface area (Å²) in [5, 5.41) is 2.16. The van der Waals surface area contributed by atoms with Crippen LogP contribution in [0.5, 0.6) is 0 Å². The van der Waals surface area contributed by atoms with E-state index in [-0.39, 0.29) is 11.7 Å². The molecule has 0 aliphatic heterocycles. The van der Waals surface area contributed by atoms with Crippen LogP contribution in [-0.4, -0.2) is 17.1 Å². The molecule has 1 N–H and O–H groups in total. The van der Waals surface area contributed by atoms with Crippen LogP contribution in [-0.2, 0) is 0 Å². The van der Waals surface area contributed by atoms with E-state index in [1.165, 1.54) is 11.8 Å². The van der Waals surface area contributed by atoms with Gasteiger partial charge in [-0.25, -0.2) is 0 Å². The van der Waals surface area contributed by atoms with Crippen molar-refractivity contribution in [3.63, 3.8) is 0 Å². The van der Waals surface area contributed by atoms with Crippen molar-refractivity contribution < 1.29 is 9.59 Å². The molecule has 1 amide bonds. The highest BCUT2D eigenvalue weighted by atomic mass is 32.2. The fraction of sp³-hybridized carbons (Fsp3) is 0.0476. The second kappa shape index (κ2) is 8.31. The van der Waals surface area contributed by atoms with Gasteiger partial charge in [0, 0.05) is 16.0 Å². The van der Waals surface area contributed by atoms with E-state index in [0.29, 0.717) is 11.1 Å². The minimum Gasteiger partial charge on any atom is -0.333 e. The average molecular weight is 347 g/mol. The van der Waals surface area contributed by atoms with Gasteiger partial charge in [0.05, 0.1) is 0 Å². The summed E-state index contributed by atoms with van der Waals surface area (Å²) in [4.78, 5) is 26.3. The normalized spacial score (nSPS) is 11.5. The van der Waals surface area contributed by atoms with Crippen LogP contribution in [0.2, 0.25) is 0 Å². The molecule has 0 radical (unpaired) electrons. The van der Waals surface area contributed by atoms with Gasteiger partial charge in [0.15, 0.2) is 5.78 Å². The second-order valence-electron chi connectivity index (χ2n) is 5.38. The van der Waals surface area contributed by atoms with E-state index in [4.69, 9.17) is 0 Å². The summed E-state index contributed by atoms with van der Waals surface area (Å²) in [6, 6.07) is 27.5. The van der Waals surface area contributed by atoms with Gasteiger partial charge in [-0.3, -0.25) is 9.59 Å². The third kappa shape index (κ3) is 4.58. The van der Waals surface area contributed by atoms with Crippen LogP contribution in [0, 0.1) is 0 Å². The van der Waals surface area contributed by atoms with Crippen LogP contribution < -0.4 is 5.32 Å². The maximum absolute atomic E-state index is 12.9. The molecule has 3 aromatic carbocycles. The van der Waals surface area contributed by atoms with Gasteiger partial charge >= 0.3 is 0 Å². The highest BCUT2D eigenvalue weighted by molar-refractivity contribution is 8.00. The van der Waals surface area contributed by atoms with Gasteiger partial charge in [0.1, 0.15) is 5.37 Å². The lowest BCUT2D eigenvalue weighted by Gasteiger charge is -2.17. The molecule has 0 spiro atoms. The predicted molar refractivity (Wildman–Crippen MR) is 101 cm³/mol. The molecule has 0 saturated carbocycles. The van der Waals surface area contributed by atoms with Crippen molar-refractivity contribution in [1.29, 1.82) is 0 Å².